The Hall–Kier alpha value is -0.0400. The van der Waals surface area contributed by atoms with E-state index in [2.05, 4.69) is 39.6 Å². The second-order valence-corrected chi connectivity index (χ2v) is 5.40. The molecule has 1 nitrogen and oxygen atoms in total. The fraction of sp³-hybridized carbons (Fsp3) is 1.00. The molecule has 0 bridgehead atoms. The lowest BCUT2D eigenvalue weighted by molar-refractivity contribution is -0.00492. The topological polar surface area (TPSA) is 3.24 Å². The van der Waals surface area contributed by atoms with Crippen LogP contribution in [0.25, 0.3) is 0 Å². The summed E-state index contributed by atoms with van der Waals surface area (Å²) in [5.74, 6) is 0. The van der Waals surface area contributed by atoms with Gasteiger partial charge in [0.1, 0.15) is 0 Å². The fourth-order valence-electron chi connectivity index (χ4n) is 2.20. The van der Waals surface area contributed by atoms with Gasteiger partial charge in [0.05, 0.1) is 0 Å². The summed E-state index contributed by atoms with van der Waals surface area (Å²) < 4.78 is 0. The van der Waals surface area contributed by atoms with Crippen molar-refractivity contribution in [2.75, 3.05) is 13.6 Å². The van der Waals surface area contributed by atoms with Crippen molar-refractivity contribution in [3.8, 4) is 0 Å². The average molecular weight is 169 g/mol. The van der Waals surface area contributed by atoms with Crippen molar-refractivity contribution >= 4 is 0 Å². The molecule has 12 heavy (non-hydrogen) atoms. The first-order valence-corrected chi connectivity index (χ1v) is 5.09. The maximum Gasteiger partial charge on any atom is 0.0226 e. The quantitative estimate of drug-likeness (QED) is 0.539. The van der Waals surface area contributed by atoms with Crippen molar-refractivity contribution < 1.29 is 0 Å². The van der Waals surface area contributed by atoms with Crippen molar-refractivity contribution in [3.63, 3.8) is 0 Å². The molecule has 0 aromatic heterocycles. The molecule has 0 aromatic carbocycles. The zero-order valence-electron chi connectivity index (χ0n) is 9.28. The van der Waals surface area contributed by atoms with Gasteiger partial charge in [-0.15, -0.1) is 0 Å². The molecule has 1 heteroatoms. The monoisotopic (exact) mass is 169 g/mol. The number of hydrogen-bond donors (Lipinski definition) is 0. The molecule has 1 fully saturated rings. The lowest BCUT2D eigenvalue weighted by atomic mass is 9.69. The Balaban J connectivity index is 2.79. The summed E-state index contributed by atoms with van der Waals surface area (Å²) >= 11 is 0. The molecule has 0 amide bonds. The summed E-state index contributed by atoms with van der Waals surface area (Å²) in [6.07, 6.45) is 4.13. The molecule has 72 valence electrons. The van der Waals surface area contributed by atoms with Gasteiger partial charge in [-0.2, -0.15) is 0 Å². The van der Waals surface area contributed by atoms with Gasteiger partial charge in [0, 0.05) is 5.54 Å². The number of piperidine rings is 1. The van der Waals surface area contributed by atoms with E-state index in [4.69, 9.17) is 0 Å². The first-order valence-electron chi connectivity index (χ1n) is 5.09. The summed E-state index contributed by atoms with van der Waals surface area (Å²) in [6, 6.07) is 0. The largest absolute Gasteiger partial charge is 0.300 e. The molecule has 0 radical (unpaired) electrons. The highest BCUT2D eigenvalue weighted by molar-refractivity contribution is 4.97. The molecule has 1 aliphatic heterocycles. The van der Waals surface area contributed by atoms with Crippen molar-refractivity contribution in [2.45, 2.75) is 52.5 Å². The van der Waals surface area contributed by atoms with Gasteiger partial charge in [-0.3, -0.25) is 0 Å². The predicted molar refractivity (Wildman–Crippen MR) is 54.3 cm³/mol. The minimum atomic E-state index is 0.405. The molecule has 0 spiro atoms. The Kier molecular flexibility index (Phi) is 2.53. The summed E-state index contributed by atoms with van der Waals surface area (Å²) in [4.78, 5) is 2.54. The second-order valence-electron chi connectivity index (χ2n) is 5.40. The van der Waals surface area contributed by atoms with E-state index in [1.807, 2.05) is 0 Å². The van der Waals surface area contributed by atoms with Crippen molar-refractivity contribution in [3.05, 3.63) is 0 Å². The zero-order chi connectivity index (χ0) is 9.41. The number of rotatable bonds is 0. The minimum absolute atomic E-state index is 0.405. The Labute approximate surface area is 77.1 Å². The van der Waals surface area contributed by atoms with Crippen molar-refractivity contribution in [1.82, 2.24) is 4.90 Å². The van der Waals surface area contributed by atoms with Gasteiger partial charge in [-0.25, -0.2) is 0 Å². The number of hydrogen-bond acceptors (Lipinski definition) is 1. The molecule has 0 aliphatic carbocycles. The van der Waals surface area contributed by atoms with Crippen LogP contribution in [0.4, 0.5) is 0 Å². The van der Waals surface area contributed by atoms with Gasteiger partial charge in [-0.05, 0) is 38.8 Å². The maximum absolute atomic E-state index is 2.54. The van der Waals surface area contributed by atoms with E-state index in [0.717, 1.165) is 0 Å². The standard InChI is InChI=1S/C11H23N/c1-10(2,3)11(4)8-6-7-9-12(11)5/h6-9H2,1-5H3. The van der Waals surface area contributed by atoms with Crippen molar-refractivity contribution in [1.29, 1.82) is 0 Å². The second kappa shape index (κ2) is 3.02. The highest BCUT2D eigenvalue weighted by Gasteiger charge is 2.41. The Morgan fingerprint density at radius 1 is 1.17 bits per heavy atom. The molecular formula is C11H23N. The van der Waals surface area contributed by atoms with Gasteiger partial charge in [0.25, 0.3) is 0 Å². The van der Waals surface area contributed by atoms with Crippen LogP contribution >= 0.6 is 0 Å². The number of nitrogens with zero attached hydrogens (tertiary/aromatic N) is 1. The molecule has 1 rings (SSSR count). The van der Waals surface area contributed by atoms with Gasteiger partial charge < -0.3 is 4.90 Å². The highest BCUT2D eigenvalue weighted by atomic mass is 15.2. The summed E-state index contributed by atoms with van der Waals surface area (Å²) in [7, 11) is 2.27. The molecule has 1 aliphatic rings. The highest BCUT2D eigenvalue weighted by Crippen LogP contribution is 2.41. The normalized spacial score (nSPS) is 33.8. The van der Waals surface area contributed by atoms with E-state index in [1.165, 1.54) is 25.8 Å². The lowest BCUT2D eigenvalue weighted by Crippen LogP contribution is -2.55. The van der Waals surface area contributed by atoms with E-state index in [1.54, 1.807) is 0 Å². The minimum Gasteiger partial charge on any atom is -0.300 e. The van der Waals surface area contributed by atoms with Crippen LogP contribution < -0.4 is 0 Å². The van der Waals surface area contributed by atoms with Crippen molar-refractivity contribution in [2.24, 2.45) is 5.41 Å². The SMILES string of the molecule is CN1CCCCC1(C)C(C)(C)C. The lowest BCUT2D eigenvalue weighted by Gasteiger charge is -2.51. The van der Waals surface area contributed by atoms with Crippen LogP contribution in [0.1, 0.15) is 47.0 Å². The average Bonchev–Trinajstić information content (AvgIpc) is 1.93. The molecule has 1 atom stereocenters. The van der Waals surface area contributed by atoms with E-state index < -0.39 is 0 Å². The zero-order valence-corrected chi connectivity index (χ0v) is 9.28. The van der Waals surface area contributed by atoms with Gasteiger partial charge in [0.2, 0.25) is 0 Å². The van der Waals surface area contributed by atoms with E-state index in [-0.39, 0.29) is 0 Å². The first-order chi connectivity index (χ1) is 5.38. The smallest absolute Gasteiger partial charge is 0.0226 e. The number of likely N-dealkylation sites (tertiary alicyclic amines) is 1. The summed E-state index contributed by atoms with van der Waals surface area (Å²) in [6.45, 7) is 10.7. The van der Waals surface area contributed by atoms with E-state index in [0.29, 0.717) is 11.0 Å². The maximum atomic E-state index is 2.54. The fourth-order valence-corrected chi connectivity index (χ4v) is 2.20. The third-order valence-corrected chi connectivity index (χ3v) is 3.87. The molecular weight excluding hydrogens is 146 g/mol. The van der Waals surface area contributed by atoms with Gasteiger partial charge >= 0.3 is 0 Å². The Morgan fingerprint density at radius 3 is 2.08 bits per heavy atom. The van der Waals surface area contributed by atoms with Gasteiger partial charge in [-0.1, -0.05) is 27.2 Å². The third-order valence-electron chi connectivity index (χ3n) is 3.87. The first kappa shape index (κ1) is 10.0. The van der Waals surface area contributed by atoms with Crippen LogP contribution in [0.5, 0.6) is 0 Å². The summed E-state index contributed by atoms with van der Waals surface area (Å²) in [5.41, 5.74) is 0.813. The molecule has 1 unspecified atom stereocenters. The third kappa shape index (κ3) is 1.52. The van der Waals surface area contributed by atoms with Crippen LogP contribution in [-0.4, -0.2) is 24.0 Å². The van der Waals surface area contributed by atoms with Crippen LogP contribution in [0.2, 0.25) is 0 Å². The Bertz CT molecular complexity index is 157. The molecule has 0 N–H and O–H groups in total. The van der Waals surface area contributed by atoms with Crippen LogP contribution in [0, 0.1) is 5.41 Å². The van der Waals surface area contributed by atoms with E-state index >= 15 is 0 Å². The summed E-state index contributed by atoms with van der Waals surface area (Å²) in [5, 5.41) is 0. The predicted octanol–water partition coefficient (Wildman–Crippen LogP) is 2.91. The molecule has 1 saturated heterocycles. The van der Waals surface area contributed by atoms with Crippen LogP contribution in [-0.2, 0) is 0 Å². The molecule has 0 saturated carbocycles. The van der Waals surface area contributed by atoms with Crippen LogP contribution in [0.15, 0.2) is 0 Å². The molecule has 0 aromatic rings. The van der Waals surface area contributed by atoms with Gasteiger partial charge in [0.15, 0.2) is 0 Å². The Morgan fingerprint density at radius 2 is 1.75 bits per heavy atom. The van der Waals surface area contributed by atoms with Crippen LogP contribution in [0.3, 0.4) is 0 Å². The molecule has 1 heterocycles. The van der Waals surface area contributed by atoms with E-state index in [9.17, 15) is 0 Å².